The number of hydrogen-bond acceptors (Lipinski definition) is 1. The van der Waals surface area contributed by atoms with Gasteiger partial charge in [-0.25, -0.2) is 0 Å². The van der Waals surface area contributed by atoms with E-state index in [0.29, 0.717) is 34.5 Å². The molecule has 4 aliphatic carbocycles. The van der Waals surface area contributed by atoms with Gasteiger partial charge in [0, 0.05) is 0 Å². The topological polar surface area (TPSA) is 20.2 Å². The van der Waals surface area contributed by atoms with Gasteiger partial charge in [0.05, 0.1) is 6.10 Å². The first kappa shape index (κ1) is 21.4. The summed E-state index contributed by atoms with van der Waals surface area (Å²) in [5.41, 5.74) is 4.26. The summed E-state index contributed by atoms with van der Waals surface area (Å²) in [5.74, 6) is 4.09. The Morgan fingerprint density at radius 1 is 1.03 bits per heavy atom. The summed E-state index contributed by atoms with van der Waals surface area (Å²) in [7, 11) is 0. The summed E-state index contributed by atoms with van der Waals surface area (Å²) in [6, 6.07) is 0. The van der Waals surface area contributed by atoms with E-state index in [2.05, 4.69) is 65.8 Å². The van der Waals surface area contributed by atoms with Gasteiger partial charge in [0.15, 0.2) is 0 Å². The van der Waals surface area contributed by atoms with Gasteiger partial charge >= 0.3 is 0 Å². The molecule has 8 unspecified atom stereocenters. The van der Waals surface area contributed by atoms with Crippen LogP contribution >= 0.6 is 0 Å². The third kappa shape index (κ3) is 3.50. The monoisotopic (exact) mass is 396 g/mol. The summed E-state index contributed by atoms with van der Waals surface area (Å²) in [6.45, 7) is 14.5. The van der Waals surface area contributed by atoms with Crippen LogP contribution in [0.25, 0.3) is 0 Å². The van der Waals surface area contributed by atoms with Crippen molar-refractivity contribution < 1.29 is 5.11 Å². The van der Waals surface area contributed by atoms with E-state index in [-0.39, 0.29) is 6.10 Å². The van der Waals surface area contributed by atoms with Crippen molar-refractivity contribution in [1.29, 1.82) is 0 Å². The molecule has 0 spiro atoms. The molecule has 1 heteroatoms. The molecule has 0 bridgehead atoms. The van der Waals surface area contributed by atoms with Crippen LogP contribution in [0.15, 0.2) is 35.5 Å². The molecule has 0 saturated heterocycles. The largest absolute Gasteiger partial charge is 0.393 e. The highest BCUT2D eigenvalue weighted by atomic mass is 16.3. The average Bonchev–Trinajstić information content (AvgIpc) is 3.03. The molecule has 2 fully saturated rings. The molecule has 0 heterocycles. The van der Waals surface area contributed by atoms with Gasteiger partial charge in [-0.15, -0.1) is 0 Å². The molecule has 4 aliphatic rings. The lowest BCUT2D eigenvalue weighted by Crippen LogP contribution is -2.48. The van der Waals surface area contributed by atoms with Crippen LogP contribution in [0.1, 0.15) is 86.5 Å². The van der Waals surface area contributed by atoms with Crippen molar-refractivity contribution in [3.05, 3.63) is 35.5 Å². The summed E-state index contributed by atoms with van der Waals surface area (Å²) >= 11 is 0. The molecule has 1 nitrogen and oxygen atoms in total. The SMILES string of the molecule is CC(C)C(C)C=CC(C)C1C=CC2=C3CCC4CC(O)CCC4(C)C3CCC21C. The van der Waals surface area contributed by atoms with Gasteiger partial charge in [0.1, 0.15) is 0 Å². The van der Waals surface area contributed by atoms with E-state index in [4.69, 9.17) is 0 Å². The number of aliphatic hydroxyl groups excluding tert-OH is 1. The van der Waals surface area contributed by atoms with E-state index >= 15 is 0 Å². The second-order valence-electron chi connectivity index (χ2n) is 11.8. The molecule has 162 valence electrons. The molecular weight excluding hydrogens is 352 g/mol. The number of fused-ring (bicyclic) bond motifs is 4. The van der Waals surface area contributed by atoms with Crippen LogP contribution in [0.3, 0.4) is 0 Å². The zero-order valence-corrected chi connectivity index (χ0v) is 19.7. The van der Waals surface area contributed by atoms with Crippen molar-refractivity contribution in [3.8, 4) is 0 Å². The van der Waals surface area contributed by atoms with Crippen LogP contribution in [-0.2, 0) is 0 Å². The van der Waals surface area contributed by atoms with Gasteiger partial charge in [-0.2, -0.15) is 0 Å². The van der Waals surface area contributed by atoms with Crippen molar-refractivity contribution in [3.63, 3.8) is 0 Å². The van der Waals surface area contributed by atoms with E-state index in [1.54, 1.807) is 11.1 Å². The maximum atomic E-state index is 10.2. The lowest BCUT2D eigenvalue weighted by Gasteiger charge is -2.56. The molecule has 0 amide bonds. The third-order valence-electron chi connectivity index (χ3n) is 9.94. The van der Waals surface area contributed by atoms with Crippen LogP contribution in [0, 0.1) is 46.3 Å². The summed E-state index contributed by atoms with van der Waals surface area (Å²) < 4.78 is 0. The fourth-order valence-corrected chi connectivity index (χ4v) is 7.48. The van der Waals surface area contributed by atoms with E-state index < -0.39 is 0 Å². The predicted octanol–water partition coefficient (Wildman–Crippen LogP) is 7.33. The quantitative estimate of drug-likeness (QED) is 0.493. The molecule has 4 rings (SSSR count). The Labute approximate surface area is 179 Å². The van der Waals surface area contributed by atoms with Crippen LogP contribution < -0.4 is 0 Å². The Balaban J connectivity index is 1.59. The molecule has 2 saturated carbocycles. The Hall–Kier alpha value is -0.820. The summed E-state index contributed by atoms with van der Waals surface area (Å²) in [6.07, 6.45) is 18.5. The molecule has 29 heavy (non-hydrogen) atoms. The van der Waals surface area contributed by atoms with Crippen molar-refractivity contribution in [2.45, 2.75) is 92.6 Å². The second-order valence-corrected chi connectivity index (χ2v) is 11.8. The lowest BCUT2D eigenvalue weighted by atomic mass is 9.48. The van der Waals surface area contributed by atoms with Crippen molar-refractivity contribution in [1.82, 2.24) is 0 Å². The minimum Gasteiger partial charge on any atom is -0.393 e. The van der Waals surface area contributed by atoms with Gasteiger partial charge in [0.25, 0.3) is 0 Å². The number of allylic oxidation sites excluding steroid dienone is 6. The van der Waals surface area contributed by atoms with Gasteiger partial charge < -0.3 is 5.11 Å². The Morgan fingerprint density at radius 2 is 1.79 bits per heavy atom. The fourth-order valence-electron chi connectivity index (χ4n) is 7.48. The van der Waals surface area contributed by atoms with Gasteiger partial charge in [0.2, 0.25) is 0 Å². The normalized spacial score (nSPS) is 44.0. The minimum absolute atomic E-state index is 0.0484. The molecular formula is C28H44O. The Kier molecular flexibility index (Phi) is 5.69. The van der Waals surface area contributed by atoms with E-state index in [1.807, 2.05) is 0 Å². The van der Waals surface area contributed by atoms with Crippen molar-refractivity contribution in [2.75, 3.05) is 0 Å². The first-order chi connectivity index (χ1) is 13.7. The number of aliphatic hydroxyl groups is 1. The minimum atomic E-state index is -0.0484. The molecule has 0 aromatic carbocycles. The Morgan fingerprint density at radius 3 is 2.52 bits per heavy atom. The molecule has 1 N–H and O–H groups in total. The summed E-state index contributed by atoms with van der Waals surface area (Å²) in [5, 5.41) is 10.2. The van der Waals surface area contributed by atoms with Crippen LogP contribution in [-0.4, -0.2) is 11.2 Å². The highest BCUT2D eigenvalue weighted by Gasteiger charge is 2.54. The van der Waals surface area contributed by atoms with Gasteiger partial charge in [-0.1, -0.05) is 71.4 Å². The smallest absolute Gasteiger partial charge is 0.0543 e. The first-order valence-electron chi connectivity index (χ1n) is 12.4. The van der Waals surface area contributed by atoms with E-state index in [9.17, 15) is 5.11 Å². The molecule has 0 aromatic heterocycles. The highest BCUT2D eigenvalue weighted by Crippen LogP contribution is 2.64. The molecule has 0 aliphatic heterocycles. The van der Waals surface area contributed by atoms with Crippen LogP contribution in [0.2, 0.25) is 0 Å². The van der Waals surface area contributed by atoms with Crippen molar-refractivity contribution >= 4 is 0 Å². The maximum absolute atomic E-state index is 10.2. The van der Waals surface area contributed by atoms with Crippen molar-refractivity contribution in [2.24, 2.45) is 46.3 Å². The predicted molar refractivity (Wildman–Crippen MR) is 123 cm³/mol. The number of rotatable bonds is 4. The summed E-state index contributed by atoms with van der Waals surface area (Å²) in [4.78, 5) is 0. The molecule has 8 atom stereocenters. The third-order valence-corrected chi connectivity index (χ3v) is 9.94. The second kappa shape index (κ2) is 7.70. The molecule has 0 aromatic rings. The highest BCUT2D eigenvalue weighted by molar-refractivity contribution is 5.44. The Bertz CT molecular complexity index is 712. The molecule has 0 radical (unpaired) electrons. The maximum Gasteiger partial charge on any atom is 0.0543 e. The van der Waals surface area contributed by atoms with E-state index in [0.717, 1.165) is 24.7 Å². The first-order valence-corrected chi connectivity index (χ1v) is 12.4. The van der Waals surface area contributed by atoms with Crippen LogP contribution in [0.4, 0.5) is 0 Å². The van der Waals surface area contributed by atoms with Crippen LogP contribution in [0.5, 0.6) is 0 Å². The number of hydrogen-bond donors (Lipinski definition) is 1. The fraction of sp³-hybridized carbons (Fsp3) is 0.786. The van der Waals surface area contributed by atoms with Gasteiger partial charge in [-0.3, -0.25) is 0 Å². The standard InChI is InChI=1S/C28H44O/c1-18(2)19(3)7-8-20(4)24-11-12-25-23-10-9-21-17-22(29)13-15-27(21,5)26(23)14-16-28(24,25)6/h7-8,11-12,18-22,24,26,29H,9-10,13-17H2,1-6H3. The average molecular weight is 397 g/mol. The zero-order chi connectivity index (χ0) is 21.0. The lowest BCUT2D eigenvalue weighted by molar-refractivity contribution is -0.0372. The zero-order valence-electron chi connectivity index (χ0n) is 19.7. The van der Waals surface area contributed by atoms with Gasteiger partial charge in [-0.05, 0) is 96.9 Å². The van der Waals surface area contributed by atoms with E-state index in [1.165, 1.54) is 32.1 Å².